The molecule has 0 atom stereocenters. The largest absolute Gasteiger partial charge is 0.573 e. The van der Waals surface area contributed by atoms with Crippen LogP contribution in [0.15, 0.2) is 24.3 Å². The molecule has 19 heavy (non-hydrogen) atoms. The van der Waals surface area contributed by atoms with Crippen LogP contribution < -0.4 is 4.74 Å². The third-order valence-electron chi connectivity index (χ3n) is 2.89. The molecule has 1 aliphatic rings. The third-order valence-corrected chi connectivity index (χ3v) is 2.89. The number of piperidine rings is 1. The van der Waals surface area contributed by atoms with Crippen molar-refractivity contribution in [1.29, 1.82) is 0 Å². The Morgan fingerprint density at radius 3 is 2.21 bits per heavy atom. The Morgan fingerprint density at radius 1 is 1.00 bits per heavy atom. The maximum atomic E-state index is 12.0. The molecule has 106 valence electrons. The average molecular weight is 275 g/mol. The minimum absolute atomic E-state index is 0.214. The summed E-state index contributed by atoms with van der Waals surface area (Å²) in [5.41, 5.74) is 0.820. The molecule has 1 fully saturated rings. The molecule has 0 saturated carbocycles. The van der Waals surface area contributed by atoms with E-state index in [-0.39, 0.29) is 5.75 Å². The van der Waals surface area contributed by atoms with Gasteiger partial charge in [-0.25, -0.2) is 0 Å². The number of hydrogen-bond donors (Lipinski definition) is 0. The lowest BCUT2D eigenvalue weighted by atomic mass is 10.2. The molecule has 0 bridgehead atoms. The van der Waals surface area contributed by atoms with Crippen molar-refractivity contribution in [2.24, 2.45) is 0 Å². The molecule has 1 aliphatic heterocycles. The maximum Gasteiger partial charge on any atom is 0.573 e. The molecule has 0 N–H and O–H groups in total. The van der Waals surface area contributed by atoms with Gasteiger partial charge in [-0.2, -0.15) is 5.06 Å². The smallest absolute Gasteiger partial charge is 0.406 e. The zero-order chi connectivity index (χ0) is 13.7. The lowest BCUT2D eigenvalue weighted by Crippen LogP contribution is -2.29. The molecule has 0 spiro atoms. The van der Waals surface area contributed by atoms with Gasteiger partial charge in [-0.05, 0) is 30.5 Å². The molecular formula is C13H16F3NO2. The Kier molecular flexibility index (Phi) is 4.66. The summed E-state index contributed by atoms with van der Waals surface area (Å²) in [6.07, 6.45) is -1.17. The molecule has 3 nitrogen and oxygen atoms in total. The summed E-state index contributed by atoms with van der Waals surface area (Å²) in [5, 5.41) is 1.91. The normalized spacial score (nSPS) is 17.4. The van der Waals surface area contributed by atoms with Crippen LogP contribution in [0, 0.1) is 0 Å². The Hall–Kier alpha value is -1.27. The Bertz CT molecular complexity index is 386. The van der Waals surface area contributed by atoms with Crippen LogP contribution in [0.1, 0.15) is 24.8 Å². The molecule has 1 heterocycles. The predicted octanol–water partition coefficient (Wildman–Crippen LogP) is 3.50. The van der Waals surface area contributed by atoms with Gasteiger partial charge in [-0.3, -0.25) is 4.84 Å². The van der Waals surface area contributed by atoms with Gasteiger partial charge in [0.15, 0.2) is 0 Å². The fraction of sp³-hybridized carbons (Fsp3) is 0.538. The van der Waals surface area contributed by atoms with E-state index in [1.165, 1.54) is 18.6 Å². The van der Waals surface area contributed by atoms with E-state index >= 15 is 0 Å². The van der Waals surface area contributed by atoms with Gasteiger partial charge in [-0.1, -0.05) is 18.6 Å². The average Bonchev–Trinajstić information content (AvgIpc) is 2.37. The number of ether oxygens (including phenoxy) is 1. The fourth-order valence-corrected chi connectivity index (χ4v) is 1.95. The number of nitrogens with zero attached hydrogens (tertiary/aromatic N) is 1. The third kappa shape index (κ3) is 5.08. The van der Waals surface area contributed by atoms with E-state index in [0.717, 1.165) is 31.5 Å². The molecule has 1 aromatic carbocycles. The molecule has 0 aliphatic carbocycles. The first-order valence-corrected chi connectivity index (χ1v) is 6.25. The van der Waals surface area contributed by atoms with E-state index in [2.05, 4.69) is 4.74 Å². The Balaban J connectivity index is 1.81. The summed E-state index contributed by atoms with van der Waals surface area (Å²) in [4.78, 5) is 5.58. The summed E-state index contributed by atoms with van der Waals surface area (Å²) in [6, 6.07) is 5.74. The van der Waals surface area contributed by atoms with E-state index in [1.807, 2.05) is 5.06 Å². The van der Waals surface area contributed by atoms with Crippen LogP contribution in [0.4, 0.5) is 13.2 Å². The van der Waals surface area contributed by atoms with Crippen molar-refractivity contribution in [3.63, 3.8) is 0 Å². The monoisotopic (exact) mass is 275 g/mol. The van der Waals surface area contributed by atoms with Crippen LogP contribution in [0.5, 0.6) is 5.75 Å². The fourth-order valence-electron chi connectivity index (χ4n) is 1.95. The number of hydroxylamine groups is 2. The molecule has 0 aromatic heterocycles. The summed E-state index contributed by atoms with van der Waals surface area (Å²) < 4.78 is 39.7. The van der Waals surface area contributed by atoms with Gasteiger partial charge in [0.2, 0.25) is 0 Å². The lowest BCUT2D eigenvalue weighted by molar-refractivity contribution is -0.274. The number of hydrogen-bond acceptors (Lipinski definition) is 3. The van der Waals surface area contributed by atoms with Crippen molar-refractivity contribution in [3.8, 4) is 5.75 Å². The van der Waals surface area contributed by atoms with E-state index in [0.29, 0.717) is 6.61 Å². The highest BCUT2D eigenvalue weighted by Gasteiger charge is 2.30. The van der Waals surface area contributed by atoms with Crippen molar-refractivity contribution in [2.45, 2.75) is 32.2 Å². The molecule has 0 amide bonds. The van der Waals surface area contributed by atoms with Crippen LogP contribution in [0.3, 0.4) is 0 Å². The first-order valence-electron chi connectivity index (χ1n) is 6.25. The Labute approximate surface area is 109 Å². The molecule has 2 rings (SSSR count). The number of benzene rings is 1. The number of rotatable bonds is 4. The summed E-state index contributed by atoms with van der Waals surface area (Å²) in [6.45, 7) is 2.19. The lowest BCUT2D eigenvalue weighted by Gasteiger charge is -2.25. The zero-order valence-electron chi connectivity index (χ0n) is 10.4. The van der Waals surface area contributed by atoms with E-state index in [4.69, 9.17) is 4.84 Å². The highest BCUT2D eigenvalue weighted by Crippen LogP contribution is 2.23. The predicted molar refractivity (Wildman–Crippen MR) is 63.3 cm³/mol. The van der Waals surface area contributed by atoms with E-state index in [1.54, 1.807) is 12.1 Å². The number of halogens is 3. The zero-order valence-corrected chi connectivity index (χ0v) is 10.4. The van der Waals surface area contributed by atoms with Gasteiger partial charge in [0.1, 0.15) is 5.75 Å². The van der Waals surface area contributed by atoms with Crippen LogP contribution in [-0.2, 0) is 11.4 Å². The van der Waals surface area contributed by atoms with Gasteiger partial charge in [0.25, 0.3) is 0 Å². The summed E-state index contributed by atoms with van der Waals surface area (Å²) in [7, 11) is 0. The van der Waals surface area contributed by atoms with Crippen molar-refractivity contribution in [3.05, 3.63) is 29.8 Å². The molecule has 1 aromatic rings. The van der Waals surface area contributed by atoms with Crippen molar-refractivity contribution in [2.75, 3.05) is 13.1 Å². The van der Waals surface area contributed by atoms with Gasteiger partial charge in [0.05, 0.1) is 6.61 Å². The summed E-state index contributed by atoms with van der Waals surface area (Å²) in [5.74, 6) is -0.214. The van der Waals surface area contributed by atoms with Gasteiger partial charge < -0.3 is 4.74 Å². The van der Waals surface area contributed by atoms with Gasteiger partial charge in [0, 0.05) is 13.1 Å². The van der Waals surface area contributed by atoms with Crippen molar-refractivity contribution in [1.82, 2.24) is 5.06 Å². The van der Waals surface area contributed by atoms with Crippen molar-refractivity contribution >= 4 is 0 Å². The van der Waals surface area contributed by atoms with Crippen LogP contribution in [0.2, 0.25) is 0 Å². The first kappa shape index (κ1) is 14.1. The molecular weight excluding hydrogens is 259 g/mol. The van der Waals surface area contributed by atoms with Crippen molar-refractivity contribution < 1.29 is 22.7 Å². The maximum absolute atomic E-state index is 12.0. The highest BCUT2D eigenvalue weighted by atomic mass is 19.4. The quantitative estimate of drug-likeness (QED) is 0.839. The van der Waals surface area contributed by atoms with Crippen LogP contribution in [0.25, 0.3) is 0 Å². The minimum atomic E-state index is -4.65. The SMILES string of the molecule is FC(F)(F)Oc1ccc(CON2CCCCC2)cc1. The Morgan fingerprint density at radius 2 is 1.63 bits per heavy atom. The molecule has 1 saturated heterocycles. The second-order valence-electron chi connectivity index (χ2n) is 4.45. The molecule has 6 heteroatoms. The standard InChI is InChI=1S/C13H16F3NO2/c14-13(15,16)19-12-6-4-11(5-7-12)10-18-17-8-2-1-3-9-17/h4-7H,1-3,8-10H2. The highest BCUT2D eigenvalue weighted by molar-refractivity contribution is 5.26. The molecule has 0 radical (unpaired) electrons. The van der Waals surface area contributed by atoms with Crippen LogP contribution in [-0.4, -0.2) is 24.5 Å². The minimum Gasteiger partial charge on any atom is -0.406 e. The van der Waals surface area contributed by atoms with Crippen LogP contribution >= 0.6 is 0 Å². The molecule has 0 unspecified atom stereocenters. The number of alkyl halides is 3. The van der Waals surface area contributed by atoms with E-state index in [9.17, 15) is 13.2 Å². The van der Waals surface area contributed by atoms with E-state index < -0.39 is 6.36 Å². The van der Waals surface area contributed by atoms with Gasteiger partial charge >= 0.3 is 6.36 Å². The second-order valence-corrected chi connectivity index (χ2v) is 4.45. The topological polar surface area (TPSA) is 21.7 Å². The summed E-state index contributed by atoms with van der Waals surface area (Å²) >= 11 is 0. The second kappa shape index (κ2) is 6.25. The van der Waals surface area contributed by atoms with Gasteiger partial charge in [-0.15, -0.1) is 13.2 Å². The first-order chi connectivity index (χ1) is 9.03.